The Morgan fingerprint density at radius 2 is 2.16 bits per heavy atom. The van der Waals surface area contributed by atoms with Crippen molar-refractivity contribution in [3.63, 3.8) is 0 Å². The number of alkyl halides is 3. The second-order valence-electron chi connectivity index (χ2n) is 3.45. The van der Waals surface area contributed by atoms with E-state index in [1.54, 1.807) is 6.92 Å². The van der Waals surface area contributed by atoms with Gasteiger partial charge in [0.15, 0.2) is 6.04 Å². The largest absolute Gasteiger partial charge is 0.480 e. The molecule has 0 aliphatic rings. The quantitative estimate of drug-likeness (QED) is 0.839. The van der Waals surface area contributed by atoms with E-state index in [1.807, 2.05) is 5.32 Å². The number of carboxylic acids is 1. The molecule has 5 nitrogen and oxygen atoms in total. The molecular weight excluding hydrogens is 287 g/mol. The first-order valence-electron chi connectivity index (χ1n) is 5.00. The van der Waals surface area contributed by atoms with Crippen molar-refractivity contribution in [1.29, 1.82) is 0 Å². The molecule has 0 fully saturated rings. The van der Waals surface area contributed by atoms with Crippen LogP contribution < -0.4 is 10.1 Å². The van der Waals surface area contributed by atoms with Crippen LogP contribution in [0.3, 0.4) is 0 Å². The summed E-state index contributed by atoms with van der Waals surface area (Å²) in [6, 6.07) is -0.508. The second kappa shape index (κ2) is 6.41. The van der Waals surface area contributed by atoms with E-state index in [-0.39, 0.29) is 10.6 Å². The molecule has 1 atom stereocenters. The molecule has 0 spiro atoms. The van der Waals surface area contributed by atoms with E-state index in [9.17, 15) is 22.8 Å². The number of rotatable bonds is 6. The number of hydrogen-bond acceptors (Lipinski definition) is 4. The zero-order valence-electron chi connectivity index (χ0n) is 9.65. The molecule has 1 heterocycles. The van der Waals surface area contributed by atoms with Gasteiger partial charge < -0.3 is 15.2 Å². The van der Waals surface area contributed by atoms with Crippen molar-refractivity contribution in [2.24, 2.45) is 0 Å². The third-order valence-corrected chi connectivity index (χ3v) is 3.03. The number of amides is 1. The molecule has 2 N–H and O–H groups in total. The molecule has 0 aliphatic carbocycles. The third-order valence-electron chi connectivity index (χ3n) is 2.00. The molecule has 9 heteroatoms. The van der Waals surface area contributed by atoms with E-state index in [4.69, 9.17) is 5.11 Å². The Balaban J connectivity index is 2.89. The molecule has 0 bridgehead atoms. The summed E-state index contributed by atoms with van der Waals surface area (Å²) >= 11 is 0.843. The van der Waals surface area contributed by atoms with Crippen LogP contribution in [0.2, 0.25) is 0 Å². The molecule has 0 aromatic carbocycles. The summed E-state index contributed by atoms with van der Waals surface area (Å²) < 4.78 is 40.7. The molecule has 19 heavy (non-hydrogen) atoms. The van der Waals surface area contributed by atoms with Crippen LogP contribution in [0, 0.1) is 6.92 Å². The van der Waals surface area contributed by atoms with Crippen LogP contribution in [-0.2, 0) is 4.79 Å². The van der Waals surface area contributed by atoms with Gasteiger partial charge in [0.2, 0.25) is 0 Å². The summed E-state index contributed by atoms with van der Waals surface area (Å²) in [5.41, 5.74) is 0. The first kappa shape index (κ1) is 15.3. The summed E-state index contributed by atoms with van der Waals surface area (Å²) in [7, 11) is 0. The number of aliphatic carboxylic acids is 1. The van der Waals surface area contributed by atoms with Crippen LogP contribution in [0.1, 0.15) is 14.5 Å². The van der Waals surface area contributed by atoms with Gasteiger partial charge in [-0.25, -0.2) is 9.18 Å². The van der Waals surface area contributed by atoms with E-state index < -0.39 is 31.2 Å². The van der Waals surface area contributed by atoms with Crippen molar-refractivity contribution in [3.05, 3.63) is 15.8 Å². The molecule has 0 saturated heterocycles. The van der Waals surface area contributed by atoms with Crippen LogP contribution >= 0.6 is 11.3 Å². The van der Waals surface area contributed by atoms with Gasteiger partial charge >= 0.3 is 12.6 Å². The Hall–Kier alpha value is -1.77. The minimum Gasteiger partial charge on any atom is -0.480 e. The van der Waals surface area contributed by atoms with Crippen LogP contribution in [0.4, 0.5) is 13.2 Å². The van der Waals surface area contributed by atoms with E-state index in [0.717, 1.165) is 11.3 Å². The normalized spacial score (nSPS) is 12.3. The highest BCUT2D eigenvalue weighted by Crippen LogP contribution is 2.30. The topological polar surface area (TPSA) is 75.6 Å². The Morgan fingerprint density at radius 1 is 1.53 bits per heavy atom. The van der Waals surface area contributed by atoms with Gasteiger partial charge in [-0.05, 0) is 13.0 Å². The lowest BCUT2D eigenvalue weighted by molar-refractivity contribution is -0.139. The number of halogens is 3. The van der Waals surface area contributed by atoms with Gasteiger partial charge in [-0.15, -0.1) is 11.3 Å². The zero-order chi connectivity index (χ0) is 14.6. The summed E-state index contributed by atoms with van der Waals surface area (Å²) in [5.74, 6) is -2.89. The molecule has 1 amide bonds. The zero-order valence-corrected chi connectivity index (χ0v) is 10.5. The molecule has 0 saturated carbocycles. The van der Waals surface area contributed by atoms with Gasteiger partial charge in [0, 0.05) is 4.88 Å². The molecule has 1 aromatic heterocycles. The summed E-state index contributed by atoms with van der Waals surface area (Å²) in [6.45, 7) is -2.86. The third kappa shape index (κ3) is 4.12. The first-order valence-corrected chi connectivity index (χ1v) is 5.81. The summed E-state index contributed by atoms with van der Waals surface area (Å²) in [4.78, 5) is 22.5. The van der Waals surface area contributed by atoms with Gasteiger partial charge in [0.1, 0.15) is 17.3 Å². The van der Waals surface area contributed by atoms with E-state index in [2.05, 4.69) is 4.74 Å². The molecule has 0 aliphatic heterocycles. The number of ether oxygens (including phenoxy) is 1. The lowest BCUT2D eigenvalue weighted by Gasteiger charge is -2.11. The predicted molar refractivity (Wildman–Crippen MR) is 60.6 cm³/mol. The fourth-order valence-electron chi connectivity index (χ4n) is 1.22. The van der Waals surface area contributed by atoms with Gasteiger partial charge in [-0.1, -0.05) is 0 Å². The Labute approximate surface area is 110 Å². The van der Waals surface area contributed by atoms with E-state index in [1.165, 1.54) is 6.07 Å². The number of thiophene rings is 1. The molecule has 1 aromatic rings. The van der Waals surface area contributed by atoms with Crippen molar-refractivity contribution >= 4 is 23.2 Å². The Bertz CT molecular complexity index is 477. The minimum absolute atomic E-state index is 0.225. The standard InChI is InChI=1S/C10H10F3NO4S/c1-4-2-6(18-10(12)13)7(19-4)8(15)14-5(3-11)9(16)17/h2,5,10H,3H2,1H3,(H,14,15)(H,16,17). The van der Waals surface area contributed by atoms with Gasteiger partial charge in [-0.2, -0.15) is 8.78 Å². The lowest BCUT2D eigenvalue weighted by Crippen LogP contribution is -2.42. The van der Waals surface area contributed by atoms with Crippen LogP contribution in [0.5, 0.6) is 5.75 Å². The van der Waals surface area contributed by atoms with Crippen molar-refractivity contribution in [3.8, 4) is 5.75 Å². The molecule has 0 radical (unpaired) electrons. The minimum atomic E-state index is -3.11. The molecule has 1 rings (SSSR count). The molecular formula is C10H10F3NO4S. The number of nitrogens with one attached hydrogen (secondary N) is 1. The fourth-order valence-corrected chi connectivity index (χ4v) is 2.07. The number of aryl methyl sites for hydroxylation is 1. The van der Waals surface area contributed by atoms with Gasteiger partial charge in [0.05, 0.1) is 0 Å². The number of carboxylic acid groups (broad SMARTS) is 1. The smallest absolute Gasteiger partial charge is 0.387 e. The van der Waals surface area contributed by atoms with Crippen molar-refractivity contribution in [1.82, 2.24) is 5.32 Å². The second-order valence-corrected chi connectivity index (χ2v) is 4.70. The molecule has 1 unspecified atom stereocenters. The van der Waals surface area contributed by atoms with E-state index in [0.29, 0.717) is 4.88 Å². The van der Waals surface area contributed by atoms with Crippen molar-refractivity contribution < 1.29 is 32.6 Å². The predicted octanol–water partition coefficient (Wildman–Crippen LogP) is 1.81. The first-order chi connectivity index (χ1) is 8.85. The van der Waals surface area contributed by atoms with Crippen LogP contribution in [0.15, 0.2) is 6.07 Å². The summed E-state index contributed by atoms with van der Waals surface area (Å²) in [6.07, 6.45) is 0. The van der Waals surface area contributed by atoms with Gasteiger partial charge in [0.25, 0.3) is 5.91 Å². The maximum Gasteiger partial charge on any atom is 0.387 e. The highest BCUT2D eigenvalue weighted by molar-refractivity contribution is 7.14. The summed E-state index contributed by atoms with van der Waals surface area (Å²) in [5, 5.41) is 10.5. The average molecular weight is 297 g/mol. The maximum atomic E-state index is 12.4. The monoisotopic (exact) mass is 297 g/mol. The number of carbonyl (C=O) groups is 2. The Kier molecular flexibility index (Phi) is 5.16. The highest BCUT2D eigenvalue weighted by Gasteiger charge is 2.24. The van der Waals surface area contributed by atoms with Crippen LogP contribution in [0.25, 0.3) is 0 Å². The van der Waals surface area contributed by atoms with Gasteiger partial charge in [-0.3, -0.25) is 4.79 Å². The molecule has 106 valence electrons. The Morgan fingerprint density at radius 3 is 2.63 bits per heavy atom. The van der Waals surface area contributed by atoms with Crippen LogP contribution in [-0.4, -0.2) is 36.3 Å². The van der Waals surface area contributed by atoms with E-state index >= 15 is 0 Å². The average Bonchev–Trinajstić information content (AvgIpc) is 2.65. The van der Waals surface area contributed by atoms with Crippen molar-refractivity contribution in [2.45, 2.75) is 19.6 Å². The SMILES string of the molecule is Cc1cc(OC(F)F)c(C(=O)NC(CF)C(=O)O)s1. The maximum absolute atomic E-state index is 12.4. The number of hydrogen-bond donors (Lipinski definition) is 2. The highest BCUT2D eigenvalue weighted by atomic mass is 32.1. The fraction of sp³-hybridized carbons (Fsp3) is 0.400. The lowest BCUT2D eigenvalue weighted by atomic mass is 10.3. The van der Waals surface area contributed by atoms with Crippen molar-refractivity contribution in [2.75, 3.05) is 6.67 Å². The number of carbonyl (C=O) groups excluding carboxylic acids is 1.